The summed E-state index contributed by atoms with van der Waals surface area (Å²) < 4.78 is 5.71. The fourth-order valence-corrected chi connectivity index (χ4v) is 5.94. The minimum atomic E-state index is -0.857. The second-order valence-corrected chi connectivity index (χ2v) is 10.4. The quantitative estimate of drug-likeness (QED) is 0.644. The number of carbonyl (C=O) groups excluding carboxylic acids is 2. The molecule has 0 aromatic heterocycles. The van der Waals surface area contributed by atoms with Gasteiger partial charge >= 0.3 is 12.1 Å². The van der Waals surface area contributed by atoms with Gasteiger partial charge in [-0.25, -0.2) is 4.79 Å². The van der Waals surface area contributed by atoms with Crippen LogP contribution in [0.15, 0.2) is 48.5 Å². The van der Waals surface area contributed by atoms with Crippen LogP contribution >= 0.6 is 0 Å². The third kappa shape index (κ3) is 4.64. The van der Waals surface area contributed by atoms with Crippen molar-refractivity contribution in [1.82, 2.24) is 10.2 Å². The molecular weight excluding hydrogens is 444 g/mol. The van der Waals surface area contributed by atoms with Gasteiger partial charge in [0.15, 0.2) is 0 Å². The largest absolute Gasteiger partial charge is 0.481 e. The van der Waals surface area contributed by atoms with Gasteiger partial charge in [0, 0.05) is 19.0 Å². The molecule has 2 unspecified atom stereocenters. The molecule has 5 rings (SSSR count). The van der Waals surface area contributed by atoms with Crippen molar-refractivity contribution < 1.29 is 24.2 Å². The summed E-state index contributed by atoms with van der Waals surface area (Å²) in [7, 11) is 0. The fraction of sp³-hybridized carbons (Fsp3) is 0.464. The summed E-state index contributed by atoms with van der Waals surface area (Å²) in [5.41, 5.74) is 4.05. The van der Waals surface area contributed by atoms with Crippen molar-refractivity contribution >= 4 is 18.0 Å². The summed E-state index contributed by atoms with van der Waals surface area (Å²) in [6.07, 6.45) is 2.63. The molecule has 184 valence electrons. The minimum absolute atomic E-state index is 0.0186. The Hall–Kier alpha value is -3.35. The third-order valence-corrected chi connectivity index (χ3v) is 7.87. The molecule has 2 amide bonds. The van der Waals surface area contributed by atoms with Crippen LogP contribution in [0.3, 0.4) is 0 Å². The van der Waals surface area contributed by atoms with Crippen LogP contribution < -0.4 is 5.32 Å². The second kappa shape index (κ2) is 9.36. The highest BCUT2D eigenvalue weighted by molar-refractivity contribution is 5.81. The van der Waals surface area contributed by atoms with E-state index in [4.69, 9.17) is 4.74 Å². The Kier molecular flexibility index (Phi) is 6.26. The monoisotopic (exact) mass is 476 g/mol. The number of alkyl carbamates (subject to hydrolysis) is 1. The zero-order valence-corrected chi connectivity index (χ0v) is 20.0. The van der Waals surface area contributed by atoms with Gasteiger partial charge in [-0.05, 0) is 53.9 Å². The van der Waals surface area contributed by atoms with E-state index in [1.807, 2.05) is 31.2 Å². The molecule has 1 aliphatic heterocycles. The summed E-state index contributed by atoms with van der Waals surface area (Å²) in [6.45, 7) is 3.00. The summed E-state index contributed by atoms with van der Waals surface area (Å²) >= 11 is 0. The first-order valence-corrected chi connectivity index (χ1v) is 12.5. The predicted octanol–water partition coefficient (Wildman–Crippen LogP) is 4.41. The molecule has 7 nitrogen and oxygen atoms in total. The van der Waals surface area contributed by atoms with E-state index in [0.717, 1.165) is 17.5 Å². The van der Waals surface area contributed by atoms with Crippen LogP contribution in [0.5, 0.6) is 0 Å². The van der Waals surface area contributed by atoms with E-state index in [0.29, 0.717) is 25.8 Å². The lowest BCUT2D eigenvalue weighted by Gasteiger charge is -2.44. The van der Waals surface area contributed by atoms with Crippen LogP contribution in [0.1, 0.15) is 56.1 Å². The maximum Gasteiger partial charge on any atom is 0.407 e. The van der Waals surface area contributed by atoms with Crippen molar-refractivity contribution in [2.45, 2.75) is 50.5 Å². The zero-order valence-electron chi connectivity index (χ0n) is 20.0. The molecule has 0 spiro atoms. The average molecular weight is 477 g/mol. The number of rotatable bonds is 6. The topological polar surface area (TPSA) is 95.9 Å². The summed E-state index contributed by atoms with van der Waals surface area (Å²) in [4.78, 5) is 39.1. The van der Waals surface area contributed by atoms with Crippen LogP contribution in [0.2, 0.25) is 0 Å². The first kappa shape index (κ1) is 23.4. The molecular formula is C28H32N2O5. The van der Waals surface area contributed by atoms with E-state index < -0.39 is 23.5 Å². The summed E-state index contributed by atoms with van der Waals surface area (Å²) in [5.74, 6) is -1.36. The molecule has 1 saturated carbocycles. The van der Waals surface area contributed by atoms with Gasteiger partial charge in [-0.1, -0.05) is 55.5 Å². The number of nitrogens with one attached hydrogen (secondary N) is 1. The van der Waals surface area contributed by atoms with Crippen molar-refractivity contribution in [2.24, 2.45) is 11.8 Å². The molecule has 3 aliphatic rings. The number of likely N-dealkylation sites (tertiary alicyclic amines) is 1. The molecule has 7 heteroatoms. The highest BCUT2D eigenvalue weighted by atomic mass is 16.5. The number of carbonyl (C=O) groups is 3. The summed E-state index contributed by atoms with van der Waals surface area (Å²) in [5, 5.41) is 12.4. The molecule has 1 heterocycles. The zero-order chi connectivity index (χ0) is 24.6. The Bertz CT molecular complexity index is 1100. The highest BCUT2D eigenvalue weighted by Gasteiger charge is 2.43. The van der Waals surface area contributed by atoms with Gasteiger partial charge < -0.3 is 20.1 Å². The number of carboxylic acids is 1. The number of aliphatic carboxylic acids is 1. The van der Waals surface area contributed by atoms with E-state index in [1.165, 1.54) is 11.1 Å². The number of amides is 2. The van der Waals surface area contributed by atoms with Crippen molar-refractivity contribution in [2.75, 3.05) is 19.7 Å². The van der Waals surface area contributed by atoms with Gasteiger partial charge in [0.1, 0.15) is 6.61 Å². The molecule has 2 aliphatic carbocycles. The average Bonchev–Trinajstić information content (AvgIpc) is 3.14. The molecule has 0 bridgehead atoms. The number of piperidine rings is 1. The fourth-order valence-electron chi connectivity index (χ4n) is 5.94. The van der Waals surface area contributed by atoms with Gasteiger partial charge in [0.25, 0.3) is 0 Å². The Balaban J connectivity index is 1.21. The number of hydrogen-bond acceptors (Lipinski definition) is 4. The third-order valence-electron chi connectivity index (χ3n) is 7.87. The normalized spacial score (nSPS) is 22.5. The maximum atomic E-state index is 13.1. The predicted molar refractivity (Wildman–Crippen MR) is 131 cm³/mol. The molecule has 0 radical (unpaired) electrons. The lowest BCUT2D eigenvalue weighted by atomic mass is 9.74. The van der Waals surface area contributed by atoms with Crippen molar-refractivity contribution in [3.05, 3.63) is 59.7 Å². The second-order valence-electron chi connectivity index (χ2n) is 10.4. The van der Waals surface area contributed by atoms with Gasteiger partial charge in [-0.2, -0.15) is 0 Å². The lowest BCUT2D eigenvalue weighted by molar-refractivity contribution is -0.147. The van der Waals surface area contributed by atoms with E-state index in [9.17, 15) is 19.5 Å². The molecule has 2 atom stereocenters. The first-order valence-electron chi connectivity index (χ1n) is 12.5. The number of carboxylic acid groups (broad SMARTS) is 1. The van der Waals surface area contributed by atoms with Crippen LogP contribution in [-0.4, -0.2) is 53.2 Å². The number of nitrogens with zero attached hydrogens (tertiary/aromatic N) is 1. The van der Waals surface area contributed by atoms with E-state index in [-0.39, 0.29) is 37.3 Å². The van der Waals surface area contributed by atoms with Gasteiger partial charge in [-0.15, -0.1) is 0 Å². The maximum absolute atomic E-state index is 13.1. The molecule has 35 heavy (non-hydrogen) atoms. The van der Waals surface area contributed by atoms with Crippen molar-refractivity contribution in [3.8, 4) is 11.1 Å². The Labute approximate surface area is 205 Å². The number of ether oxygens (including phenoxy) is 1. The van der Waals surface area contributed by atoms with E-state index in [2.05, 4.69) is 29.6 Å². The molecule has 2 aromatic rings. The number of fused-ring (bicyclic) bond motifs is 3. The van der Waals surface area contributed by atoms with Crippen molar-refractivity contribution in [1.29, 1.82) is 0 Å². The molecule has 2 aromatic carbocycles. The smallest absolute Gasteiger partial charge is 0.407 e. The Morgan fingerprint density at radius 2 is 1.66 bits per heavy atom. The van der Waals surface area contributed by atoms with Crippen molar-refractivity contribution in [3.63, 3.8) is 0 Å². The Morgan fingerprint density at radius 3 is 2.23 bits per heavy atom. The summed E-state index contributed by atoms with van der Waals surface area (Å²) in [6, 6.07) is 16.4. The highest BCUT2D eigenvalue weighted by Crippen LogP contribution is 2.44. The van der Waals surface area contributed by atoms with Crippen LogP contribution in [-0.2, 0) is 14.3 Å². The first-order chi connectivity index (χ1) is 16.8. The SMILES string of the molecule is CC1CC(C(=O)O)CN(C(=O)CC2(NC(=O)OCC3c4ccccc4-c4ccccc43)CCC2)C1. The Morgan fingerprint density at radius 1 is 1.03 bits per heavy atom. The minimum Gasteiger partial charge on any atom is -0.481 e. The molecule has 1 saturated heterocycles. The molecule has 2 fully saturated rings. The number of hydrogen-bond donors (Lipinski definition) is 2. The molecule has 2 N–H and O–H groups in total. The van der Waals surface area contributed by atoms with Crippen LogP contribution in [0.25, 0.3) is 11.1 Å². The van der Waals surface area contributed by atoms with Gasteiger partial charge in [0.2, 0.25) is 5.91 Å². The standard InChI is InChI=1S/C28H32N2O5/c1-18-13-19(26(32)33)16-30(15-18)25(31)14-28(11-6-12-28)29-27(34)35-17-24-22-9-4-2-7-20(22)21-8-3-5-10-23(21)24/h2-5,7-10,18-19,24H,6,11-17H2,1H3,(H,29,34)(H,32,33). The van der Waals surface area contributed by atoms with Crippen LogP contribution in [0, 0.1) is 11.8 Å². The van der Waals surface area contributed by atoms with Gasteiger partial charge in [-0.3, -0.25) is 9.59 Å². The lowest BCUT2D eigenvalue weighted by Crippen LogP contribution is -2.57. The van der Waals surface area contributed by atoms with E-state index in [1.54, 1.807) is 4.90 Å². The van der Waals surface area contributed by atoms with Gasteiger partial charge in [0.05, 0.1) is 17.9 Å². The number of benzene rings is 2. The van der Waals surface area contributed by atoms with E-state index >= 15 is 0 Å². The van der Waals surface area contributed by atoms with Crippen LogP contribution in [0.4, 0.5) is 4.79 Å².